The van der Waals surface area contributed by atoms with Crippen LogP contribution in [0.4, 0.5) is 0 Å². The number of likely N-dealkylation sites (N-methyl/N-ethyl adjacent to an activating group) is 1. The molecular weight excluding hydrogens is 240 g/mol. The van der Waals surface area contributed by atoms with E-state index in [9.17, 15) is 0 Å². The van der Waals surface area contributed by atoms with Crippen molar-refractivity contribution in [3.05, 3.63) is 23.8 Å². The lowest BCUT2D eigenvalue weighted by Crippen LogP contribution is -2.45. The van der Waals surface area contributed by atoms with Crippen molar-refractivity contribution in [2.75, 3.05) is 27.3 Å². The van der Waals surface area contributed by atoms with Crippen molar-refractivity contribution in [1.82, 2.24) is 4.90 Å². The normalized spacial score (nSPS) is 24.2. The van der Waals surface area contributed by atoms with E-state index in [1.807, 2.05) is 12.1 Å². The Morgan fingerprint density at radius 1 is 1.32 bits per heavy atom. The van der Waals surface area contributed by atoms with Crippen molar-refractivity contribution in [3.8, 4) is 11.5 Å². The van der Waals surface area contributed by atoms with Gasteiger partial charge in [-0.1, -0.05) is 13.0 Å². The summed E-state index contributed by atoms with van der Waals surface area (Å²) in [6, 6.07) is 6.39. The van der Waals surface area contributed by atoms with Crippen molar-refractivity contribution in [3.63, 3.8) is 0 Å². The molecule has 106 valence electrons. The zero-order valence-electron chi connectivity index (χ0n) is 12.1. The molecule has 0 saturated carbocycles. The number of ether oxygens (including phenoxy) is 2. The highest BCUT2D eigenvalue weighted by Gasteiger charge is 2.31. The van der Waals surface area contributed by atoms with E-state index in [2.05, 4.69) is 17.9 Å². The first-order chi connectivity index (χ1) is 9.21. The summed E-state index contributed by atoms with van der Waals surface area (Å²) in [6.45, 7) is 4.29. The number of piperidine rings is 1. The first-order valence-electron chi connectivity index (χ1n) is 6.92. The standard InChI is InChI=1S/C15H24N2O2/c1-4-17-9-5-6-13(16)15(17)12-8-7-11(18-2)10-14(12)19-3/h7-8,10,13,15H,4-6,9,16H2,1-3H3. The molecule has 2 unspecified atom stereocenters. The van der Waals surface area contributed by atoms with Crippen molar-refractivity contribution in [2.24, 2.45) is 5.73 Å². The molecule has 1 saturated heterocycles. The van der Waals surface area contributed by atoms with E-state index in [4.69, 9.17) is 15.2 Å². The Bertz CT molecular complexity index is 423. The molecule has 0 radical (unpaired) electrons. The van der Waals surface area contributed by atoms with Gasteiger partial charge in [0.2, 0.25) is 0 Å². The van der Waals surface area contributed by atoms with E-state index in [-0.39, 0.29) is 12.1 Å². The number of hydrogen-bond donors (Lipinski definition) is 1. The van der Waals surface area contributed by atoms with Gasteiger partial charge in [0.25, 0.3) is 0 Å². The average molecular weight is 264 g/mol. The van der Waals surface area contributed by atoms with Crippen LogP contribution in [0.3, 0.4) is 0 Å². The van der Waals surface area contributed by atoms with Crippen LogP contribution < -0.4 is 15.2 Å². The monoisotopic (exact) mass is 264 g/mol. The molecule has 1 aromatic rings. The maximum Gasteiger partial charge on any atom is 0.127 e. The highest BCUT2D eigenvalue weighted by Crippen LogP contribution is 2.37. The summed E-state index contributed by atoms with van der Waals surface area (Å²) in [5.74, 6) is 1.67. The average Bonchev–Trinajstić information content (AvgIpc) is 2.46. The van der Waals surface area contributed by atoms with E-state index in [1.54, 1.807) is 14.2 Å². The van der Waals surface area contributed by atoms with Crippen molar-refractivity contribution in [1.29, 1.82) is 0 Å². The second kappa shape index (κ2) is 6.26. The van der Waals surface area contributed by atoms with Crippen molar-refractivity contribution >= 4 is 0 Å². The summed E-state index contributed by atoms with van der Waals surface area (Å²) >= 11 is 0. The second-order valence-electron chi connectivity index (χ2n) is 4.99. The van der Waals surface area contributed by atoms with Crippen LogP contribution in [0.2, 0.25) is 0 Å². The van der Waals surface area contributed by atoms with Gasteiger partial charge in [-0.05, 0) is 32.0 Å². The fraction of sp³-hybridized carbons (Fsp3) is 0.600. The molecule has 2 atom stereocenters. The zero-order valence-corrected chi connectivity index (χ0v) is 12.1. The molecule has 1 aliphatic rings. The summed E-state index contributed by atoms with van der Waals surface area (Å²) in [7, 11) is 3.36. The van der Waals surface area contributed by atoms with Crippen LogP contribution in [0, 0.1) is 0 Å². The summed E-state index contributed by atoms with van der Waals surface area (Å²) in [5, 5.41) is 0. The third-order valence-corrected chi connectivity index (χ3v) is 3.95. The Hall–Kier alpha value is -1.26. The molecule has 0 bridgehead atoms. The van der Waals surface area contributed by atoms with E-state index >= 15 is 0 Å². The number of benzene rings is 1. The van der Waals surface area contributed by atoms with Crippen LogP contribution in [0.5, 0.6) is 11.5 Å². The fourth-order valence-electron chi connectivity index (χ4n) is 2.94. The first-order valence-corrected chi connectivity index (χ1v) is 6.92. The van der Waals surface area contributed by atoms with Crippen molar-refractivity contribution in [2.45, 2.75) is 31.8 Å². The lowest BCUT2D eigenvalue weighted by atomic mass is 9.90. The molecular formula is C15H24N2O2. The number of rotatable bonds is 4. The number of likely N-dealkylation sites (tertiary alicyclic amines) is 1. The number of hydrogen-bond acceptors (Lipinski definition) is 4. The third-order valence-electron chi connectivity index (χ3n) is 3.95. The van der Waals surface area contributed by atoms with Crippen molar-refractivity contribution < 1.29 is 9.47 Å². The molecule has 1 aromatic carbocycles. The molecule has 4 heteroatoms. The summed E-state index contributed by atoms with van der Waals surface area (Å²) in [4.78, 5) is 2.43. The summed E-state index contributed by atoms with van der Waals surface area (Å²) in [6.07, 6.45) is 2.24. The predicted octanol–water partition coefficient (Wildman–Crippen LogP) is 2.19. The number of nitrogens with two attached hydrogens (primary N) is 1. The van der Waals surface area contributed by atoms with Gasteiger partial charge in [-0.2, -0.15) is 0 Å². The molecule has 19 heavy (non-hydrogen) atoms. The van der Waals surface area contributed by atoms with Gasteiger partial charge >= 0.3 is 0 Å². The molecule has 0 aromatic heterocycles. The lowest BCUT2D eigenvalue weighted by molar-refractivity contribution is 0.133. The molecule has 4 nitrogen and oxygen atoms in total. The quantitative estimate of drug-likeness (QED) is 0.905. The summed E-state index contributed by atoms with van der Waals surface area (Å²) < 4.78 is 10.8. The van der Waals surface area contributed by atoms with Gasteiger partial charge in [-0.15, -0.1) is 0 Å². The minimum atomic E-state index is 0.163. The predicted molar refractivity (Wildman–Crippen MR) is 76.7 cm³/mol. The highest BCUT2D eigenvalue weighted by atomic mass is 16.5. The largest absolute Gasteiger partial charge is 0.497 e. The molecule has 1 aliphatic heterocycles. The number of methoxy groups -OCH3 is 2. The van der Waals surface area contributed by atoms with E-state index in [0.29, 0.717) is 0 Å². The lowest BCUT2D eigenvalue weighted by Gasteiger charge is -2.40. The molecule has 0 aliphatic carbocycles. The van der Waals surface area contributed by atoms with Gasteiger partial charge in [0.1, 0.15) is 11.5 Å². The van der Waals surface area contributed by atoms with Gasteiger partial charge in [0.15, 0.2) is 0 Å². The maximum atomic E-state index is 6.34. The van der Waals surface area contributed by atoms with Crippen LogP contribution in [0.1, 0.15) is 31.4 Å². The van der Waals surface area contributed by atoms with Crippen LogP contribution in [-0.4, -0.2) is 38.3 Å². The Balaban J connectivity index is 2.37. The van der Waals surface area contributed by atoms with Gasteiger partial charge in [0.05, 0.1) is 20.3 Å². The molecule has 1 heterocycles. The Kier molecular flexibility index (Phi) is 4.66. The van der Waals surface area contributed by atoms with Crippen LogP contribution in [-0.2, 0) is 0 Å². The smallest absolute Gasteiger partial charge is 0.127 e. The van der Waals surface area contributed by atoms with Gasteiger partial charge in [0, 0.05) is 17.7 Å². The fourth-order valence-corrected chi connectivity index (χ4v) is 2.94. The number of nitrogens with zero attached hydrogens (tertiary/aromatic N) is 1. The maximum absolute atomic E-state index is 6.34. The van der Waals surface area contributed by atoms with Crippen LogP contribution in [0.15, 0.2) is 18.2 Å². The summed E-state index contributed by atoms with van der Waals surface area (Å²) in [5.41, 5.74) is 7.51. The Labute approximate surface area is 115 Å². The minimum absolute atomic E-state index is 0.163. The molecule has 2 rings (SSSR count). The Morgan fingerprint density at radius 3 is 2.74 bits per heavy atom. The molecule has 0 spiro atoms. The highest BCUT2D eigenvalue weighted by molar-refractivity contribution is 5.43. The minimum Gasteiger partial charge on any atom is -0.497 e. The van der Waals surface area contributed by atoms with E-state index in [0.717, 1.165) is 36.6 Å². The van der Waals surface area contributed by atoms with Gasteiger partial charge in [-0.3, -0.25) is 4.90 Å². The van der Waals surface area contributed by atoms with E-state index in [1.165, 1.54) is 6.42 Å². The first kappa shape index (κ1) is 14.2. The molecule has 1 fully saturated rings. The SMILES string of the molecule is CCN1CCCC(N)C1c1ccc(OC)cc1OC. The zero-order chi connectivity index (χ0) is 13.8. The van der Waals surface area contributed by atoms with E-state index < -0.39 is 0 Å². The third kappa shape index (κ3) is 2.85. The second-order valence-corrected chi connectivity index (χ2v) is 4.99. The molecule has 0 amide bonds. The molecule has 2 N–H and O–H groups in total. The Morgan fingerprint density at radius 2 is 2.11 bits per heavy atom. The van der Waals surface area contributed by atoms with Crippen LogP contribution >= 0.6 is 0 Å². The van der Waals surface area contributed by atoms with Gasteiger partial charge in [-0.25, -0.2) is 0 Å². The van der Waals surface area contributed by atoms with Crippen LogP contribution in [0.25, 0.3) is 0 Å². The van der Waals surface area contributed by atoms with Gasteiger partial charge < -0.3 is 15.2 Å². The topological polar surface area (TPSA) is 47.7 Å².